The molecule has 1 aromatic carbocycles. The molecule has 0 spiro atoms. The van der Waals surface area contributed by atoms with Gasteiger partial charge in [-0.1, -0.05) is 19.8 Å². The fourth-order valence-electron chi connectivity index (χ4n) is 2.53. The monoisotopic (exact) mass is 333 g/mol. The lowest BCUT2D eigenvalue weighted by Gasteiger charge is -2.12. The number of aryl methyl sites for hydroxylation is 1. The number of hydrogen-bond donors (Lipinski definition) is 2. The molecule has 1 aromatic heterocycles. The Morgan fingerprint density at radius 3 is 2.83 bits per heavy atom. The Balaban J connectivity index is 2.49. The molecule has 0 aliphatic carbocycles. The van der Waals surface area contributed by atoms with E-state index in [0.29, 0.717) is 22.5 Å². The predicted molar refractivity (Wildman–Crippen MR) is 98.3 cm³/mol. The smallest absolute Gasteiger partial charge is 0.365 e. The van der Waals surface area contributed by atoms with Gasteiger partial charge in [0.15, 0.2) is 0 Å². The van der Waals surface area contributed by atoms with Crippen LogP contribution in [0.2, 0.25) is 0 Å². The molecule has 130 valence electrons. The van der Waals surface area contributed by atoms with Crippen molar-refractivity contribution in [2.24, 2.45) is 10.7 Å². The summed E-state index contributed by atoms with van der Waals surface area (Å²) in [6, 6.07) is 4.92. The van der Waals surface area contributed by atoms with Crippen LogP contribution in [-0.4, -0.2) is 28.7 Å². The van der Waals surface area contributed by atoms with Gasteiger partial charge in [0.05, 0.1) is 5.52 Å². The molecule has 0 amide bonds. The highest BCUT2D eigenvalue weighted by Gasteiger charge is 2.18. The van der Waals surface area contributed by atoms with Crippen molar-refractivity contribution in [3.8, 4) is 0 Å². The zero-order valence-electron chi connectivity index (χ0n) is 14.5. The Morgan fingerprint density at radius 2 is 2.17 bits per heavy atom. The van der Waals surface area contributed by atoms with Crippen molar-refractivity contribution in [1.29, 1.82) is 0 Å². The summed E-state index contributed by atoms with van der Waals surface area (Å²) < 4.78 is 13.8. The first-order chi connectivity index (χ1) is 11.4. The molecule has 5 nitrogen and oxygen atoms in total. The summed E-state index contributed by atoms with van der Waals surface area (Å²) in [6.45, 7) is 6.32. The molecule has 0 aliphatic rings. The zero-order valence-corrected chi connectivity index (χ0v) is 14.5. The van der Waals surface area contributed by atoms with Crippen LogP contribution in [0.4, 0.5) is 10.2 Å². The molecular formula is C18H26FN4O+. The fourth-order valence-corrected chi connectivity index (χ4v) is 2.53. The first kappa shape index (κ1) is 18.1. The normalized spacial score (nSPS) is 13.3. The third-order valence-corrected chi connectivity index (χ3v) is 3.84. The van der Waals surface area contributed by atoms with Crippen LogP contribution in [0.25, 0.3) is 10.9 Å². The molecule has 1 unspecified atom stereocenters. The Bertz CT molecular complexity index is 743. The van der Waals surface area contributed by atoms with Gasteiger partial charge in [-0.05, 0) is 38.5 Å². The minimum absolute atomic E-state index is 0.0827. The maximum atomic E-state index is 13.8. The fraction of sp³-hybridized carbons (Fsp3) is 0.444. The molecule has 0 aliphatic heterocycles. The lowest BCUT2D eigenvalue weighted by Crippen LogP contribution is -2.17. The molecule has 0 saturated heterocycles. The van der Waals surface area contributed by atoms with Gasteiger partial charge in [-0.15, -0.1) is 0 Å². The Labute approximate surface area is 141 Å². The van der Waals surface area contributed by atoms with Gasteiger partial charge >= 0.3 is 5.90 Å². The summed E-state index contributed by atoms with van der Waals surface area (Å²) in [5, 5.41) is 12.2. The third kappa shape index (κ3) is 4.20. The molecule has 1 heterocycles. The van der Waals surface area contributed by atoms with Crippen LogP contribution in [-0.2, 0) is 0 Å². The van der Waals surface area contributed by atoms with Crippen LogP contribution in [0.15, 0.2) is 23.2 Å². The van der Waals surface area contributed by atoms with Gasteiger partial charge in [-0.25, -0.2) is 9.37 Å². The molecule has 0 fully saturated rings. The quantitative estimate of drug-likeness (QED) is 0.353. The Hall–Kier alpha value is -2.21. The molecule has 6 heteroatoms. The number of hydrogen-bond acceptors (Lipinski definition) is 4. The largest absolute Gasteiger partial charge is 0.578 e. The van der Waals surface area contributed by atoms with Crippen molar-refractivity contribution >= 4 is 22.6 Å². The van der Waals surface area contributed by atoms with E-state index in [1.165, 1.54) is 6.07 Å². The second kappa shape index (κ2) is 8.06. The molecule has 24 heavy (non-hydrogen) atoms. The molecule has 0 saturated carbocycles. The number of aliphatic imine (C=N–C) groups is 1. The van der Waals surface area contributed by atoms with Crippen molar-refractivity contribution in [2.45, 2.75) is 46.2 Å². The average molecular weight is 333 g/mol. The first-order valence-corrected chi connectivity index (χ1v) is 8.33. The third-order valence-electron chi connectivity index (χ3n) is 3.84. The highest BCUT2D eigenvalue weighted by atomic mass is 19.1. The summed E-state index contributed by atoms with van der Waals surface area (Å²) in [4.78, 5) is 8.68. The van der Waals surface area contributed by atoms with Gasteiger partial charge in [0.25, 0.3) is 0 Å². The summed E-state index contributed by atoms with van der Waals surface area (Å²) in [6.07, 6.45) is 2.79. The van der Waals surface area contributed by atoms with Gasteiger partial charge < -0.3 is 16.2 Å². The minimum atomic E-state index is -0.462. The number of nitrogens with two attached hydrogens (primary N) is 1. The summed E-state index contributed by atoms with van der Waals surface area (Å²) in [5.41, 5.74) is 7.37. The molecule has 0 bridgehead atoms. The lowest BCUT2D eigenvalue weighted by molar-refractivity contribution is 0.542. The number of fused-ring (bicyclic) bond motifs is 1. The van der Waals surface area contributed by atoms with E-state index in [1.807, 2.05) is 6.07 Å². The number of anilines is 1. The second-order valence-electron chi connectivity index (χ2n) is 5.98. The molecule has 0 radical (unpaired) electrons. The Kier molecular flexibility index (Phi) is 6.09. The number of pyridine rings is 1. The van der Waals surface area contributed by atoms with Crippen molar-refractivity contribution in [3.05, 3.63) is 35.1 Å². The van der Waals surface area contributed by atoms with Gasteiger partial charge in [0, 0.05) is 17.5 Å². The first-order valence-electron chi connectivity index (χ1n) is 8.33. The predicted octanol–water partition coefficient (Wildman–Crippen LogP) is 3.06. The summed E-state index contributed by atoms with van der Waals surface area (Å²) >= 11 is 0. The number of benzene rings is 1. The average Bonchev–Trinajstić information content (AvgIpc) is 2.54. The van der Waals surface area contributed by atoms with Crippen molar-refractivity contribution in [1.82, 2.24) is 4.98 Å². The number of nitrogens with zero attached hydrogens (tertiary/aromatic N) is 2. The van der Waals surface area contributed by atoms with E-state index >= 15 is 0 Å². The van der Waals surface area contributed by atoms with Gasteiger partial charge in [-0.3, -0.25) is 0 Å². The number of aromatic nitrogens is 1. The van der Waals surface area contributed by atoms with Crippen LogP contribution >= 0.6 is 0 Å². The molecular weight excluding hydrogens is 307 g/mol. The van der Waals surface area contributed by atoms with E-state index in [2.05, 4.69) is 22.2 Å². The molecule has 2 aromatic rings. The van der Waals surface area contributed by atoms with Crippen LogP contribution in [0.3, 0.4) is 0 Å². The second-order valence-corrected chi connectivity index (χ2v) is 5.98. The maximum absolute atomic E-state index is 13.8. The topological polar surface area (TPSA) is 86.2 Å². The van der Waals surface area contributed by atoms with Gasteiger partial charge in [-0.2, -0.15) is 4.99 Å². The lowest BCUT2D eigenvalue weighted by atomic mass is 10.1. The minimum Gasteiger partial charge on any atom is -0.578 e. The summed E-state index contributed by atoms with van der Waals surface area (Å²) in [5.74, 6) is 0.358. The highest BCUT2D eigenvalue weighted by Crippen LogP contribution is 2.25. The van der Waals surface area contributed by atoms with E-state index in [4.69, 9.17) is 10.8 Å². The van der Waals surface area contributed by atoms with Crippen LogP contribution in [0.1, 0.15) is 44.2 Å². The number of halogens is 1. The Morgan fingerprint density at radius 1 is 1.42 bits per heavy atom. The maximum Gasteiger partial charge on any atom is 0.365 e. The molecule has 1 atom stereocenters. The number of rotatable bonds is 7. The van der Waals surface area contributed by atoms with Crippen molar-refractivity contribution in [3.63, 3.8) is 0 Å². The van der Waals surface area contributed by atoms with Gasteiger partial charge in [0.1, 0.15) is 23.4 Å². The van der Waals surface area contributed by atoms with E-state index in [0.717, 1.165) is 31.2 Å². The van der Waals surface area contributed by atoms with Crippen molar-refractivity contribution in [2.75, 3.05) is 11.9 Å². The SMILES string of the molecule is CCCCCNc1nc2c(C)c(F)ccc2cc1/C([OH2+])=N/C(C)N. The van der Waals surface area contributed by atoms with Crippen LogP contribution in [0, 0.1) is 12.7 Å². The molecule has 5 N–H and O–H groups in total. The standard InChI is InChI=1S/C18H25FN4O/c1-4-5-6-9-21-17-14(18(24)22-12(3)20)10-13-7-8-15(19)11(2)16(13)23-17/h7-8,10,12H,4-6,9,20H2,1-3H3,(H,21,23)(H,22,24)/p+1. The summed E-state index contributed by atoms with van der Waals surface area (Å²) in [7, 11) is 0. The van der Waals surface area contributed by atoms with Crippen molar-refractivity contribution < 1.29 is 9.50 Å². The van der Waals surface area contributed by atoms with Gasteiger partial charge in [0.2, 0.25) is 0 Å². The van der Waals surface area contributed by atoms with E-state index in [9.17, 15) is 4.39 Å². The number of nitrogens with one attached hydrogen (secondary N) is 1. The number of unbranched alkanes of at least 4 members (excludes halogenated alkanes) is 2. The van der Waals surface area contributed by atoms with Crippen LogP contribution < -0.4 is 11.1 Å². The van der Waals surface area contributed by atoms with E-state index < -0.39 is 6.17 Å². The highest BCUT2D eigenvalue weighted by molar-refractivity contribution is 6.01. The van der Waals surface area contributed by atoms with Crippen LogP contribution in [0.5, 0.6) is 0 Å². The zero-order chi connectivity index (χ0) is 17.7. The van der Waals surface area contributed by atoms with E-state index in [-0.39, 0.29) is 11.7 Å². The van der Waals surface area contributed by atoms with E-state index in [1.54, 1.807) is 19.9 Å². The molecule has 2 rings (SSSR count).